The first-order valence-corrected chi connectivity index (χ1v) is 11.5. The number of nitrogens with one attached hydrogen (secondary N) is 1. The van der Waals surface area contributed by atoms with Crippen molar-refractivity contribution in [1.29, 1.82) is 0 Å². The van der Waals surface area contributed by atoms with Crippen LogP contribution < -0.4 is 24.4 Å². The summed E-state index contributed by atoms with van der Waals surface area (Å²) in [5, 5.41) is 3.21. The monoisotopic (exact) mass is 489 g/mol. The van der Waals surface area contributed by atoms with Crippen LogP contribution in [0.25, 0.3) is 0 Å². The van der Waals surface area contributed by atoms with E-state index in [-0.39, 0.29) is 25.0 Å². The fraction of sp³-hybridized carbons (Fsp3) is 0.192. The zero-order valence-corrected chi connectivity index (χ0v) is 19.8. The predicted octanol–water partition coefficient (Wildman–Crippen LogP) is 3.96. The number of methoxy groups -OCH3 is 1. The highest BCUT2D eigenvalue weighted by atomic mass is 32.1. The Morgan fingerprint density at radius 2 is 1.80 bits per heavy atom. The van der Waals surface area contributed by atoms with Crippen molar-refractivity contribution >= 4 is 40.5 Å². The fourth-order valence-corrected chi connectivity index (χ4v) is 4.51. The maximum absolute atomic E-state index is 13.5. The summed E-state index contributed by atoms with van der Waals surface area (Å²) in [7, 11) is 1.58. The van der Waals surface area contributed by atoms with Crippen LogP contribution >= 0.6 is 12.2 Å². The van der Waals surface area contributed by atoms with Gasteiger partial charge in [0, 0.05) is 12.2 Å². The molecule has 2 aliphatic heterocycles. The Morgan fingerprint density at radius 3 is 2.54 bits per heavy atom. The molecule has 0 aromatic heterocycles. The van der Waals surface area contributed by atoms with E-state index < -0.39 is 6.04 Å². The Morgan fingerprint density at radius 1 is 1.06 bits per heavy atom. The minimum Gasteiger partial charge on any atom is -0.497 e. The third kappa shape index (κ3) is 4.63. The molecule has 178 valence electrons. The minimum absolute atomic E-state index is 0.0567. The molecule has 2 heterocycles. The molecule has 1 N–H and O–H groups in total. The Bertz CT molecular complexity index is 1270. The second kappa shape index (κ2) is 9.63. The molecule has 1 unspecified atom stereocenters. The first kappa shape index (κ1) is 22.7. The molecule has 9 heteroatoms. The number of nitrogens with zero attached hydrogens (tertiary/aromatic N) is 2. The molecule has 3 aromatic carbocycles. The number of amides is 2. The van der Waals surface area contributed by atoms with E-state index in [0.29, 0.717) is 40.3 Å². The summed E-state index contributed by atoms with van der Waals surface area (Å²) in [4.78, 5) is 29.8. The highest BCUT2D eigenvalue weighted by Gasteiger charge is 2.44. The van der Waals surface area contributed by atoms with Gasteiger partial charge in [0.1, 0.15) is 11.8 Å². The molecule has 8 nitrogen and oxygen atoms in total. The van der Waals surface area contributed by atoms with Crippen LogP contribution in [-0.2, 0) is 16.1 Å². The van der Waals surface area contributed by atoms with Crippen LogP contribution in [0.4, 0.5) is 11.4 Å². The topological polar surface area (TPSA) is 80.3 Å². The maximum atomic E-state index is 13.5. The largest absolute Gasteiger partial charge is 0.497 e. The number of hydrogen-bond donors (Lipinski definition) is 1. The number of benzene rings is 3. The molecule has 35 heavy (non-hydrogen) atoms. The van der Waals surface area contributed by atoms with Crippen molar-refractivity contribution in [3.63, 3.8) is 0 Å². The molecule has 0 saturated carbocycles. The average molecular weight is 490 g/mol. The molecule has 3 aromatic rings. The molecule has 0 bridgehead atoms. The summed E-state index contributed by atoms with van der Waals surface area (Å²) < 4.78 is 16.0. The van der Waals surface area contributed by atoms with Gasteiger partial charge in [-0.15, -0.1) is 0 Å². The van der Waals surface area contributed by atoms with E-state index in [9.17, 15) is 9.59 Å². The highest BCUT2D eigenvalue weighted by molar-refractivity contribution is 7.80. The molecule has 1 fully saturated rings. The van der Waals surface area contributed by atoms with Crippen molar-refractivity contribution in [2.24, 2.45) is 0 Å². The first-order valence-electron chi connectivity index (χ1n) is 11.1. The molecule has 2 amide bonds. The van der Waals surface area contributed by atoms with Crippen molar-refractivity contribution in [1.82, 2.24) is 4.90 Å². The maximum Gasteiger partial charge on any atom is 0.256 e. The molecule has 2 aliphatic rings. The summed E-state index contributed by atoms with van der Waals surface area (Å²) in [5.41, 5.74) is 2.17. The molecular weight excluding hydrogens is 466 g/mol. The molecule has 1 saturated heterocycles. The zero-order valence-electron chi connectivity index (χ0n) is 19.0. The fourth-order valence-electron chi connectivity index (χ4n) is 4.13. The van der Waals surface area contributed by atoms with Gasteiger partial charge in [0.05, 0.1) is 19.2 Å². The smallest absolute Gasteiger partial charge is 0.256 e. The summed E-state index contributed by atoms with van der Waals surface area (Å²) >= 11 is 5.74. The number of carbonyl (C=O) groups excluding carboxylic acids is 2. The van der Waals surface area contributed by atoms with Crippen molar-refractivity contribution in [2.75, 3.05) is 24.1 Å². The van der Waals surface area contributed by atoms with E-state index in [0.717, 1.165) is 5.56 Å². The zero-order chi connectivity index (χ0) is 24.4. The number of hydrogen-bond acceptors (Lipinski definition) is 6. The molecule has 5 rings (SSSR count). The Balaban J connectivity index is 1.39. The van der Waals surface area contributed by atoms with Crippen LogP contribution in [0.2, 0.25) is 0 Å². The van der Waals surface area contributed by atoms with Crippen molar-refractivity contribution in [3.8, 4) is 17.2 Å². The van der Waals surface area contributed by atoms with Gasteiger partial charge in [-0.2, -0.15) is 0 Å². The number of rotatable bonds is 7. The van der Waals surface area contributed by atoms with Gasteiger partial charge < -0.3 is 24.4 Å². The molecule has 0 spiro atoms. The summed E-state index contributed by atoms with van der Waals surface area (Å²) in [6, 6.07) is 21.1. The van der Waals surface area contributed by atoms with Crippen molar-refractivity contribution in [2.45, 2.75) is 19.0 Å². The lowest BCUT2D eigenvalue weighted by atomic mass is 10.1. The normalized spacial score (nSPS) is 16.5. The molecule has 1 atom stereocenters. The van der Waals surface area contributed by atoms with Crippen molar-refractivity contribution < 1.29 is 23.8 Å². The van der Waals surface area contributed by atoms with Gasteiger partial charge in [0.2, 0.25) is 12.7 Å². The van der Waals surface area contributed by atoms with Gasteiger partial charge in [0.15, 0.2) is 16.6 Å². The van der Waals surface area contributed by atoms with Gasteiger partial charge in [0.25, 0.3) is 5.91 Å². The van der Waals surface area contributed by atoms with Crippen LogP contribution in [0.1, 0.15) is 12.0 Å². The lowest BCUT2D eigenvalue weighted by molar-refractivity contribution is -0.124. The summed E-state index contributed by atoms with van der Waals surface area (Å²) in [5.74, 6) is 1.48. The van der Waals surface area contributed by atoms with E-state index in [1.807, 2.05) is 48.5 Å². The van der Waals surface area contributed by atoms with E-state index in [2.05, 4.69) is 5.32 Å². The van der Waals surface area contributed by atoms with Gasteiger partial charge in [-0.25, -0.2) is 0 Å². The van der Waals surface area contributed by atoms with E-state index >= 15 is 0 Å². The number of ether oxygens (including phenoxy) is 3. The second-order valence-electron chi connectivity index (χ2n) is 8.10. The lowest BCUT2D eigenvalue weighted by Gasteiger charge is -2.24. The van der Waals surface area contributed by atoms with Crippen LogP contribution in [0.5, 0.6) is 17.2 Å². The van der Waals surface area contributed by atoms with Crippen LogP contribution in [0, 0.1) is 0 Å². The van der Waals surface area contributed by atoms with Gasteiger partial charge in [-0.1, -0.05) is 24.3 Å². The Kier molecular flexibility index (Phi) is 6.24. The van der Waals surface area contributed by atoms with Gasteiger partial charge in [-0.3, -0.25) is 14.5 Å². The Labute approximate surface area is 208 Å². The van der Waals surface area contributed by atoms with Crippen molar-refractivity contribution in [3.05, 3.63) is 78.4 Å². The van der Waals surface area contributed by atoms with Gasteiger partial charge in [-0.05, 0) is 66.3 Å². The number of thiocarbonyl (C=S) groups is 1. The summed E-state index contributed by atoms with van der Waals surface area (Å²) in [6.45, 7) is 0.514. The number of carbonyl (C=O) groups is 2. The van der Waals surface area contributed by atoms with Crippen LogP contribution in [0.3, 0.4) is 0 Å². The first-order chi connectivity index (χ1) is 17.0. The molecular formula is C26H23N3O5S. The quantitative estimate of drug-likeness (QED) is 0.504. The van der Waals surface area contributed by atoms with Gasteiger partial charge >= 0.3 is 0 Å². The lowest BCUT2D eigenvalue weighted by Crippen LogP contribution is -2.37. The van der Waals surface area contributed by atoms with E-state index in [1.165, 1.54) is 4.90 Å². The summed E-state index contributed by atoms with van der Waals surface area (Å²) in [6.07, 6.45) is -0.0567. The van der Waals surface area contributed by atoms with Crippen LogP contribution in [-0.4, -0.2) is 41.8 Å². The third-order valence-corrected chi connectivity index (χ3v) is 6.29. The number of anilines is 2. The number of para-hydroxylation sites is 1. The minimum atomic E-state index is -0.758. The second-order valence-corrected chi connectivity index (χ2v) is 8.47. The SMILES string of the molecule is COc1ccc(NC(=O)CC2C(=O)N(c3ccccc3)C(=S)N2Cc2ccc3c(c2)OCO3)cc1. The third-order valence-electron chi connectivity index (χ3n) is 5.88. The molecule has 0 radical (unpaired) electrons. The Hall–Kier alpha value is -4.11. The van der Waals surface area contributed by atoms with Crippen LogP contribution in [0.15, 0.2) is 72.8 Å². The number of fused-ring (bicyclic) bond motifs is 1. The predicted molar refractivity (Wildman–Crippen MR) is 135 cm³/mol. The highest BCUT2D eigenvalue weighted by Crippen LogP contribution is 2.34. The van der Waals surface area contributed by atoms with E-state index in [4.69, 9.17) is 26.4 Å². The van der Waals surface area contributed by atoms with E-state index in [1.54, 1.807) is 36.3 Å². The molecule has 0 aliphatic carbocycles. The standard InChI is InChI=1S/C26H23N3O5S/c1-32-20-10-8-18(9-11-20)27-24(30)14-21-25(31)29(19-5-3-2-4-6-19)26(35)28(21)15-17-7-12-22-23(13-17)34-16-33-22/h2-13,21H,14-16H2,1H3,(H,27,30). The average Bonchev–Trinajstić information content (AvgIpc) is 3.43.